The molecule has 0 saturated carbocycles. The highest BCUT2D eigenvalue weighted by Gasteiger charge is 2.16. The Hall–Kier alpha value is -2.78. The van der Waals surface area contributed by atoms with Crippen LogP contribution in [0.25, 0.3) is 5.78 Å². The molecule has 0 atom stereocenters. The van der Waals surface area contributed by atoms with Crippen LogP contribution in [0.15, 0.2) is 12.4 Å². The molecule has 118 valence electrons. The first-order chi connectivity index (χ1) is 10.2. The van der Waals surface area contributed by atoms with Gasteiger partial charge in [0.05, 0.1) is 4.92 Å². The summed E-state index contributed by atoms with van der Waals surface area (Å²) in [7, 11) is 0. The lowest BCUT2D eigenvalue weighted by Crippen LogP contribution is -2.33. The SMILES string of the molecule is CC(C)(C)OC(=O)NCCc1nc2ncc([N+](=O)[O-])cn2n1. The molecule has 10 heteroatoms. The van der Waals surface area contributed by atoms with Crippen molar-refractivity contribution in [2.75, 3.05) is 6.54 Å². The van der Waals surface area contributed by atoms with Gasteiger partial charge in [0.1, 0.15) is 18.0 Å². The largest absolute Gasteiger partial charge is 0.444 e. The van der Waals surface area contributed by atoms with Crippen LogP contribution in [-0.4, -0.2) is 42.7 Å². The number of carbonyl (C=O) groups is 1. The molecule has 0 aliphatic heterocycles. The Bertz CT molecular complexity index is 705. The van der Waals surface area contributed by atoms with E-state index in [0.717, 1.165) is 6.20 Å². The number of nitrogens with one attached hydrogen (secondary N) is 1. The van der Waals surface area contributed by atoms with Crippen molar-refractivity contribution in [3.8, 4) is 0 Å². The highest BCUT2D eigenvalue weighted by Crippen LogP contribution is 2.09. The normalized spacial score (nSPS) is 11.4. The first kappa shape index (κ1) is 15.6. The summed E-state index contributed by atoms with van der Waals surface area (Å²) < 4.78 is 6.33. The van der Waals surface area contributed by atoms with Crippen molar-refractivity contribution < 1.29 is 14.5 Å². The Morgan fingerprint density at radius 1 is 1.50 bits per heavy atom. The van der Waals surface area contributed by atoms with E-state index in [4.69, 9.17) is 4.74 Å². The van der Waals surface area contributed by atoms with E-state index in [9.17, 15) is 14.9 Å². The fourth-order valence-electron chi connectivity index (χ4n) is 1.61. The van der Waals surface area contributed by atoms with E-state index in [0.29, 0.717) is 12.2 Å². The summed E-state index contributed by atoms with van der Waals surface area (Å²) in [6, 6.07) is 0. The van der Waals surface area contributed by atoms with E-state index in [1.807, 2.05) is 0 Å². The molecule has 0 aromatic carbocycles. The van der Waals surface area contributed by atoms with Gasteiger partial charge in [0, 0.05) is 13.0 Å². The van der Waals surface area contributed by atoms with E-state index in [2.05, 4.69) is 20.4 Å². The van der Waals surface area contributed by atoms with Gasteiger partial charge in [0.2, 0.25) is 0 Å². The van der Waals surface area contributed by atoms with Crippen molar-refractivity contribution in [3.05, 3.63) is 28.3 Å². The van der Waals surface area contributed by atoms with Crippen LogP contribution in [0.1, 0.15) is 26.6 Å². The zero-order valence-corrected chi connectivity index (χ0v) is 12.4. The molecule has 0 spiro atoms. The van der Waals surface area contributed by atoms with Crippen LogP contribution in [-0.2, 0) is 11.2 Å². The Labute approximate surface area is 125 Å². The van der Waals surface area contributed by atoms with Gasteiger partial charge in [0.15, 0.2) is 5.82 Å². The molecule has 1 amide bonds. The second kappa shape index (κ2) is 5.92. The van der Waals surface area contributed by atoms with Crippen molar-refractivity contribution in [1.82, 2.24) is 24.9 Å². The van der Waals surface area contributed by atoms with Crippen LogP contribution < -0.4 is 5.32 Å². The Balaban J connectivity index is 1.95. The molecular weight excluding hydrogens is 292 g/mol. The number of aromatic nitrogens is 4. The average molecular weight is 308 g/mol. The number of rotatable bonds is 4. The Kier molecular flexibility index (Phi) is 4.20. The maximum Gasteiger partial charge on any atom is 0.407 e. The lowest BCUT2D eigenvalue weighted by atomic mass is 10.2. The average Bonchev–Trinajstić information content (AvgIpc) is 2.77. The van der Waals surface area contributed by atoms with E-state index in [1.165, 1.54) is 10.7 Å². The van der Waals surface area contributed by atoms with Gasteiger partial charge < -0.3 is 10.1 Å². The predicted octanol–water partition coefficient (Wildman–Crippen LogP) is 1.10. The van der Waals surface area contributed by atoms with Crippen LogP contribution in [0.4, 0.5) is 10.5 Å². The third-order valence-electron chi connectivity index (χ3n) is 2.45. The molecule has 0 fully saturated rings. The first-order valence-electron chi connectivity index (χ1n) is 6.57. The van der Waals surface area contributed by atoms with E-state index in [-0.39, 0.29) is 18.0 Å². The number of nitro groups is 1. The van der Waals surface area contributed by atoms with E-state index >= 15 is 0 Å². The molecule has 2 heterocycles. The molecule has 22 heavy (non-hydrogen) atoms. The van der Waals surface area contributed by atoms with Crippen molar-refractivity contribution in [2.24, 2.45) is 0 Å². The number of nitrogens with zero attached hydrogens (tertiary/aromatic N) is 5. The second-order valence-corrected chi connectivity index (χ2v) is 5.52. The van der Waals surface area contributed by atoms with Gasteiger partial charge >= 0.3 is 11.8 Å². The van der Waals surface area contributed by atoms with Gasteiger partial charge in [-0.2, -0.15) is 9.50 Å². The third kappa shape index (κ3) is 4.11. The molecule has 2 aromatic heterocycles. The fraction of sp³-hybridized carbons (Fsp3) is 0.500. The summed E-state index contributed by atoms with van der Waals surface area (Å²) in [5.74, 6) is 0.682. The Morgan fingerprint density at radius 2 is 2.23 bits per heavy atom. The lowest BCUT2D eigenvalue weighted by Gasteiger charge is -2.19. The zero-order chi connectivity index (χ0) is 16.3. The van der Waals surface area contributed by atoms with Crippen molar-refractivity contribution in [3.63, 3.8) is 0 Å². The third-order valence-corrected chi connectivity index (χ3v) is 2.45. The van der Waals surface area contributed by atoms with Gasteiger partial charge in [-0.15, -0.1) is 5.10 Å². The van der Waals surface area contributed by atoms with E-state index < -0.39 is 16.6 Å². The summed E-state index contributed by atoms with van der Waals surface area (Å²) >= 11 is 0. The van der Waals surface area contributed by atoms with Crippen LogP contribution in [0.5, 0.6) is 0 Å². The minimum Gasteiger partial charge on any atom is -0.444 e. The summed E-state index contributed by atoms with van der Waals surface area (Å²) in [6.45, 7) is 5.60. The van der Waals surface area contributed by atoms with Gasteiger partial charge in [-0.1, -0.05) is 0 Å². The van der Waals surface area contributed by atoms with Crippen molar-refractivity contribution >= 4 is 17.6 Å². The zero-order valence-electron chi connectivity index (χ0n) is 12.4. The van der Waals surface area contributed by atoms with Gasteiger partial charge in [0.25, 0.3) is 5.78 Å². The summed E-state index contributed by atoms with van der Waals surface area (Å²) in [4.78, 5) is 29.5. The van der Waals surface area contributed by atoms with Crippen LogP contribution >= 0.6 is 0 Å². The first-order valence-corrected chi connectivity index (χ1v) is 6.57. The van der Waals surface area contributed by atoms with Crippen molar-refractivity contribution in [2.45, 2.75) is 32.8 Å². The van der Waals surface area contributed by atoms with Gasteiger partial charge in [-0.05, 0) is 20.8 Å². The predicted molar refractivity (Wildman–Crippen MR) is 75.4 cm³/mol. The van der Waals surface area contributed by atoms with Gasteiger partial charge in [-0.3, -0.25) is 10.1 Å². The number of fused-ring (bicyclic) bond motifs is 1. The van der Waals surface area contributed by atoms with Crippen LogP contribution in [0.3, 0.4) is 0 Å². The maximum absolute atomic E-state index is 11.5. The molecule has 0 radical (unpaired) electrons. The summed E-state index contributed by atoms with van der Waals surface area (Å²) in [5.41, 5.74) is -0.732. The maximum atomic E-state index is 11.5. The molecule has 0 aliphatic rings. The summed E-state index contributed by atoms with van der Waals surface area (Å²) in [5, 5.41) is 17.3. The number of ether oxygens (including phenoxy) is 1. The Morgan fingerprint density at radius 3 is 2.86 bits per heavy atom. The second-order valence-electron chi connectivity index (χ2n) is 5.52. The molecule has 0 bridgehead atoms. The number of hydrogen-bond donors (Lipinski definition) is 1. The highest BCUT2D eigenvalue weighted by atomic mass is 16.6. The molecular formula is C12H16N6O4. The topological polar surface area (TPSA) is 125 Å². The summed E-state index contributed by atoms with van der Waals surface area (Å²) in [6.07, 6.45) is 2.19. The number of hydrogen-bond acceptors (Lipinski definition) is 7. The standard InChI is InChI=1S/C12H16N6O4/c1-12(2,3)22-11(19)13-5-4-9-15-10-14-6-8(18(20)21)7-17(10)16-9/h6-7H,4-5H2,1-3H3,(H,13,19). The molecule has 1 N–H and O–H groups in total. The molecule has 10 nitrogen and oxygen atoms in total. The van der Waals surface area contributed by atoms with Crippen LogP contribution in [0, 0.1) is 10.1 Å². The highest BCUT2D eigenvalue weighted by molar-refractivity contribution is 5.67. The number of carbonyl (C=O) groups excluding carboxylic acids is 1. The smallest absolute Gasteiger partial charge is 0.407 e. The van der Waals surface area contributed by atoms with Gasteiger partial charge in [-0.25, -0.2) is 9.78 Å². The minimum atomic E-state index is -0.561. The molecule has 0 aliphatic carbocycles. The minimum absolute atomic E-state index is 0.171. The fourth-order valence-corrected chi connectivity index (χ4v) is 1.61. The number of amides is 1. The molecule has 2 rings (SSSR count). The van der Waals surface area contributed by atoms with E-state index in [1.54, 1.807) is 20.8 Å². The molecule has 2 aromatic rings. The monoisotopic (exact) mass is 308 g/mol. The van der Waals surface area contributed by atoms with Crippen molar-refractivity contribution in [1.29, 1.82) is 0 Å². The lowest BCUT2D eigenvalue weighted by molar-refractivity contribution is -0.385. The number of alkyl carbamates (subject to hydrolysis) is 1. The molecule has 0 unspecified atom stereocenters. The van der Waals surface area contributed by atoms with Crippen LogP contribution in [0.2, 0.25) is 0 Å². The quantitative estimate of drug-likeness (QED) is 0.662. The molecule has 0 saturated heterocycles.